The van der Waals surface area contributed by atoms with Gasteiger partial charge in [0, 0.05) is 44.1 Å². The van der Waals surface area contributed by atoms with Crippen LogP contribution < -0.4 is 11.2 Å². The third kappa shape index (κ3) is 13.7. The molecule has 9 N–H and O–H groups in total. The first-order chi connectivity index (χ1) is 32.4. The molecule has 1 aromatic heterocycles. The number of nitrogens with zero attached hydrogens (tertiary/aromatic N) is 3. The molecule has 0 saturated carbocycles. The van der Waals surface area contributed by atoms with Gasteiger partial charge in [-0.1, -0.05) is 20.8 Å². The number of rotatable bonds is 9. The van der Waals surface area contributed by atoms with Crippen molar-refractivity contribution in [1.29, 1.82) is 0 Å². The van der Waals surface area contributed by atoms with Crippen LogP contribution in [0.15, 0.2) is 15.7 Å². The molecule has 0 bridgehead atoms. The lowest BCUT2D eigenvalue weighted by Gasteiger charge is -2.48. The molecule has 0 spiro atoms. The number of halogens is 1. The standard InChI is InChI=1S/C38H72N2O12.C9H11IN2O6/c1-15-27-38(10,46)31(42)24(6)40(13)19-20(2)17-36(8,45)33(52-35-29(41)26(39(11)12)16-21(3)48-35)22(4)30(23(5)34(44)50-27)51-28-18-37(9,47-14)32(43)25(7)49-28;10-4-1-5(14)11-9(17)12(4)8-7(16)6(15)3(2-13)18-8/h20-33,35,41-43,45-46H,15-19H2,1-14H3;1,3,6-8,13,15-16H,2H2,(H,11,14,17)/t20-,21-,22+,23-,24-,25+,26+,27-,28+,29-,30+,31-,32+,33-,35+,36-,37-,38-;3-,6-,7-,8?/m11/s1. The molecule has 5 rings (SSSR count). The van der Waals surface area contributed by atoms with E-state index in [9.17, 15) is 50.1 Å². The number of aliphatic hydroxyl groups excluding tert-OH is 6. The Balaban J connectivity index is 0.000000491. The molecule has 70 heavy (non-hydrogen) atoms. The predicted octanol–water partition coefficient (Wildman–Crippen LogP) is -0.347. The van der Waals surface area contributed by atoms with Crippen molar-refractivity contribution in [3.63, 3.8) is 0 Å². The summed E-state index contributed by atoms with van der Waals surface area (Å²) in [6, 6.07) is 0.356. The second kappa shape index (κ2) is 24.7. The maximum Gasteiger partial charge on any atom is 0.331 e. The lowest BCUT2D eigenvalue weighted by atomic mass is 9.77. The van der Waals surface area contributed by atoms with Crippen molar-refractivity contribution in [3.05, 3.63) is 30.6 Å². The molecule has 0 aliphatic carbocycles. The second-order valence-corrected chi connectivity index (χ2v) is 22.1. The molecule has 1 aromatic rings. The van der Waals surface area contributed by atoms with Gasteiger partial charge in [0.25, 0.3) is 5.56 Å². The molecule has 22 nitrogen and oxygen atoms in total. The normalized spacial score (nSPS) is 45.0. The summed E-state index contributed by atoms with van der Waals surface area (Å²) in [5, 5.41) is 86.5. The maximum absolute atomic E-state index is 14.2. The fourth-order valence-electron chi connectivity index (χ4n) is 10.5. The highest BCUT2D eigenvalue weighted by atomic mass is 127. The van der Waals surface area contributed by atoms with E-state index in [4.69, 9.17) is 38.3 Å². The molecule has 4 saturated heterocycles. The van der Waals surface area contributed by atoms with Gasteiger partial charge in [-0.25, -0.2) is 4.79 Å². The van der Waals surface area contributed by atoms with Gasteiger partial charge in [0.2, 0.25) is 0 Å². The van der Waals surface area contributed by atoms with Crippen molar-refractivity contribution >= 4 is 28.6 Å². The summed E-state index contributed by atoms with van der Waals surface area (Å²) in [7, 11) is 7.12. The summed E-state index contributed by atoms with van der Waals surface area (Å²) in [6.07, 6.45) is -13.0. The van der Waals surface area contributed by atoms with Gasteiger partial charge in [-0.2, -0.15) is 0 Å². The smallest absolute Gasteiger partial charge is 0.331 e. The third-order valence-corrected chi connectivity index (χ3v) is 15.7. The summed E-state index contributed by atoms with van der Waals surface area (Å²) in [6.45, 7) is 17.6. The number of aliphatic hydroxyl groups is 8. The Labute approximate surface area is 424 Å². The number of carbonyl (C=O) groups is 1. The zero-order chi connectivity index (χ0) is 53.1. The molecular formula is C47H83IN4O18. The van der Waals surface area contributed by atoms with Gasteiger partial charge in [-0.05, 0) is 117 Å². The van der Waals surface area contributed by atoms with Crippen LogP contribution in [0.2, 0.25) is 0 Å². The lowest BCUT2D eigenvalue weighted by molar-refractivity contribution is -0.318. The van der Waals surface area contributed by atoms with Crippen LogP contribution in [0.4, 0.5) is 0 Å². The van der Waals surface area contributed by atoms with Crippen LogP contribution in [-0.2, 0) is 38.0 Å². The minimum Gasteiger partial charge on any atom is -0.459 e. The monoisotopic (exact) mass is 1120 g/mol. The molecule has 406 valence electrons. The zero-order valence-electron chi connectivity index (χ0n) is 43.2. The number of carbonyl (C=O) groups excluding carboxylic acids is 1. The van der Waals surface area contributed by atoms with E-state index in [1.165, 1.54) is 14.0 Å². The summed E-state index contributed by atoms with van der Waals surface area (Å²) < 4.78 is 44.0. The predicted molar refractivity (Wildman–Crippen MR) is 261 cm³/mol. The van der Waals surface area contributed by atoms with Crippen molar-refractivity contribution < 1.29 is 78.8 Å². The average Bonchev–Trinajstić information content (AvgIpc) is 3.55. The Kier molecular flexibility index (Phi) is 21.5. The van der Waals surface area contributed by atoms with E-state index in [0.717, 1.165) is 10.6 Å². The molecule has 4 fully saturated rings. The summed E-state index contributed by atoms with van der Waals surface area (Å²) >= 11 is 1.75. The van der Waals surface area contributed by atoms with Crippen LogP contribution in [-0.4, -0.2) is 216 Å². The number of esters is 1. The van der Waals surface area contributed by atoms with Gasteiger partial charge in [0.15, 0.2) is 18.8 Å². The number of cyclic esters (lactones) is 1. The summed E-state index contributed by atoms with van der Waals surface area (Å²) in [4.78, 5) is 42.8. The van der Waals surface area contributed by atoms with Gasteiger partial charge in [0.05, 0.1) is 51.8 Å². The van der Waals surface area contributed by atoms with Gasteiger partial charge in [-0.15, -0.1) is 0 Å². The Morgan fingerprint density at radius 2 is 1.53 bits per heavy atom. The molecule has 1 unspecified atom stereocenters. The van der Waals surface area contributed by atoms with E-state index in [0.29, 0.717) is 13.0 Å². The van der Waals surface area contributed by atoms with E-state index in [2.05, 4.69) is 0 Å². The molecule has 5 heterocycles. The van der Waals surface area contributed by atoms with Crippen molar-refractivity contribution in [1.82, 2.24) is 19.4 Å². The van der Waals surface area contributed by atoms with Crippen LogP contribution in [0.5, 0.6) is 0 Å². The number of methoxy groups -OCH3 is 1. The fourth-order valence-corrected chi connectivity index (χ4v) is 11.3. The van der Waals surface area contributed by atoms with Gasteiger partial charge in [-0.3, -0.25) is 19.1 Å². The summed E-state index contributed by atoms with van der Waals surface area (Å²) in [5.41, 5.74) is -5.69. The van der Waals surface area contributed by atoms with Crippen LogP contribution in [0, 0.1) is 21.5 Å². The zero-order valence-corrected chi connectivity index (χ0v) is 45.3. The Bertz CT molecular complexity index is 1960. The van der Waals surface area contributed by atoms with Crippen LogP contribution >= 0.6 is 22.6 Å². The minimum absolute atomic E-state index is 0.133. The molecule has 0 radical (unpaired) electrons. The van der Waals surface area contributed by atoms with Gasteiger partial charge >= 0.3 is 11.7 Å². The molecule has 0 amide bonds. The number of likely N-dealkylation sites (N-methyl/N-ethyl adjacent to an activating group) is 2. The van der Waals surface area contributed by atoms with Gasteiger partial charge < -0.3 is 83.8 Å². The van der Waals surface area contributed by atoms with Crippen LogP contribution in [0.25, 0.3) is 0 Å². The Morgan fingerprint density at radius 1 is 0.900 bits per heavy atom. The Morgan fingerprint density at radius 3 is 2.07 bits per heavy atom. The number of aromatic nitrogens is 2. The largest absolute Gasteiger partial charge is 0.459 e. The van der Waals surface area contributed by atoms with E-state index in [-0.39, 0.29) is 41.0 Å². The average molecular weight is 1120 g/mol. The number of hydrogen-bond acceptors (Lipinski definition) is 20. The first-order valence-electron chi connectivity index (χ1n) is 24.2. The van der Waals surface area contributed by atoms with Crippen molar-refractivity contribution in [2.45, 2.75) is 210 Å². The lowest BCUT2D eigenvalue weighted by Crippen LogP contribution is -2.60. The minimum atomic E-state index is -1.80. The highest BCUT2D eigenvalue weighted by Gasteiger charge is 2.53. The van der Waals surface area contributed by atoms with Crippen molar-refractivity contribution in [3.8, 4) is 0 Å². The number of aromatic amines is 1. The van der Waals surface area contributed by atoms with E-state index in [1.54, 1.807) is 64.1 Å². The van der Waals surface area contributed by atoms with Gasteiger partial charge in [0.1, 0.15) is 48.3 Å². The highest BCUT2D eigenvalue weighted by Crippen LogP contribution is 2.40. The number of hydrogen-bond donors (Lipinski definition) is 9. The van der Waals surface area contributed by atoms with E-state index < -0.39 is 138 Å². The van der Waals surface area contributed by atoms with Crippen molar-refractivity contribution in [2.24, 2.45) is 17.8 Å². The molecule has 4 aliphatic rings. The van der Waals surface area contributed by atoms with Crippen LogP contribution in [0.1, 0.15) is 101 Å². The number of nitrogens with one attached hydrogen (secondary N) is 1. The summed E-state index contributed by atoms with van der Waals surface area (Å²) in [5.74, 6) is -2.58. The number of ether oxygens (including phenoxy) is 7. The first kappa shape index (κ1) is 60.8. The first-order valence-corrected chi connectivity index (χ1v) is 25.3. The van der Waals surface area contributed by atoms with E-state index >= 15 is 0 Å². The van der Waals surface area contributed by atoms with E-state index in [1.807, 2.05) is 56.7 Å². The Hall–Kier alpha value is -1.76. The molecule has 23 heteroatoms. The third-order valence-electron chi connectivity index (χ3n) is 14.9. The van der Waals surface area contributed by atoms with Crippen LogP contribution in [0.3, 0.4) is 0 Å². The molecule has 4 aliphatic heterocycles. The SMILES string of the molecule is CC[C@H]1OC(=O)[C@H](C)[C@@H](O[C@H]2C[C@@](C)(OC)[C@@H](O)[C@H](C)O2)[C@H](C)[C@@H](O[C@@H]2O[C@H](C)C[C@H](N(C)C)[C@H]2O)[C@](C)(O)C[C@@H](C)CN(C)[C@H](C)[C@@H](O)[C@]1(C)O.O=c1cc(I)n(C2O[C@H](CO)[C@@H](O)[C@H]2O)c(=O)[nH]1. The molecule has 22 atom stereocenters. The topological polar surface area (TPSA) is 305 Å². The second-order valence-electron chi connectivity index (χ2n) is 21.0. The molecular weight excluding hydrogens is 1040 g/mol. The number of H-pyrrole nitrogens is 1. The fraction of sp³-hybridized carbons (Fsp3) is 0.894. The highest BCUT2D eigenvalue weighted by molar-refractivity contribution is 14.1. The van der Waals surface area contributed by atoms with Crippen molar-refractivity contribution in [2.75, 3.05) is 41.4 Å². The molecule has 0 aromatic carbocycles. The quantitative estimate of drug-likeness (QED) is 0.0868. The maximum atomic E-state index is 14.2.